The van der Waals surface area contributed by atoms with Gasteiger partial charge in [-0.05, 0) is 25.7 Å². The Morgan fingerprint density at radius 2 is 1.58 bits per heavy atom. The molecule has 2 aromatic rings. The van der Waals surface area contributed by atoms with Gasteiger partial charge < -0.3 is 66.2 Å². The number of allylic oxidation sites excluding steroid dienone is 5. The van der Waals surface area contributed by atoms with Crippen LogP contribution >= 0.6 is 35.2 Å². The number of aliphatic hydroxyl groups excluding tert-OH is 4. The number of carboxylic acid groups (broad SMARTS) is 1. The fourth-order valence-corrected chi connectivity index (χ4v) is 9.87. The maximum atomic E-state index is 12.7. The number of nitrogen functional groups attached to an aromatic ring is 1. The van der Waals surface area contributed by atoms with Crippen molar-refractivity contribution in [1.82, 2.24) is 30.2 Å². The van der Waals surface area contributed by atoms with Crippen LogP contribution in [0.25, 0.3) is 11.2 Å². The summed E-state index contributed by atoms with van der Waals surface area (Å²) in [5, 5.41) is 54.5. The SMILES string of the molecule is CC(C)(COP(=O)(O)OP(=O)(O)OCC1OC(n2cnc3c(N)ncnc32)C(O)C1OP(=O)(O)O)C(O)C(=O)NCCC(=O)NCCSC(=O)CC(=O)CCC=CCC(O)C=CC=CC=CC(O)CCCC(=O)O. The number of ether oxygens (including phenoxy) is 1. The van der Waals surface area contributed by atoms with Gasteiger partial charge in [0, 0.05) is 43.5 Å². The number of phosphoric acid groups is 3. The van der Waals surface area contributed by atoms with Crippen LogP contribution in [-0.2, 0) is 60.3 Å². The van der Waals surface area contributed by atoms with Gasteiger partial charge in [-0.3, -0.25) is 42.1 Å². The number of aliphatic hydroxyl groups is 4. The molecular formula is C41H62N7O22P3S. The van der Waals surface area contributed by atoms with E-state index < -0.39 is 108 Å². The first-order valence-electron chi connectivity index (χ1n) is 22.4. The molecule has 3 heterocycles. The maximum absolute atomic E-state index is 12.7. The molecule has 0 saturated carbocycles. The zero-order chi connectivity index (χ0) is 55.3. The van der Waals surface area contributed by atoms with Crippen LogP contribution in [0, 0.1) is 5.41 Å². The minimum absolute atomic E-state index is 0.0119. The second-order valence-corrected chi connectivity index (χ2v) is 22.2. The smallest absolute Gasteiger partial charge is 0.481 e. The molecule has 13 N–H and O–H groups in total. The number of rotatable bonds is 34. The topological polar surface area (TPSA) is 458 Å². The number of aromatic nitrogens is 4. The molecule has 74 heavy (non-hydrogen) atoms. The summed E-state index contributed by atoms with van der Waals surface area (Å²) >= 11 is 0.843. The number of nitrogens with two attached hydrogens (primary N) is 1. The van der Waals surface area contributed by atoms with Crippen LogP contribution in [0.5, 0.6) is 0 Å². The fourth-order valence-electron chi connectivity index (χ4n) is 6.34. The third-order valence-electron chi connectivity index (χ3n) is 10.1. The van der Waals surface area contributed by atoms with E-state index >= 15 is 0 Å². The molecule has 9 atom stereocenters. The summed E-state index contributed by atoms with van der Waals surface area (Å²) in [7, 11) is -16.5. The number of carbonyl (C=O) groups excluding carboxylic acids is 4. The van der Waals surface area contributed by atoms with Crippen LogP contribution in [0.3, 0.4) is 0 Å². The lowest BCUT2D eigenvalue weighted by atomic mass is 9.87. The summed E-state index contributed by atoms with van der Waals surface area (Å²) in [6.45, 7) is 0.116. The summed E-state index contributed by atoms with van der Waals surface area (Å²) in [5.41, 5.74) is 4.18. The summed E-state index contributed by atoms with van der Waals surface area (Å²) in [6, 6.07) is 0. The third kappa shape index (κ3) is 23.6. The number of hydrogen-bond donors (Lipinski definition) is 12. The Hall–Kier alpha value is -4.42. The summed E-state index contributed by atoms with van der Waals surface area (Å²) < 4.78 is 62.3. The number of anilines is 1. The Morgan fingerprint density at radius 1 is 0.905 bits per heavy atom. The quantitative estimate of drug-likeness (QED) is 0.0153. The number of fused-ring (bicyclic) bond motifs is 1. The second kappa shape index (κ2) is 30.4. The molecule has 0 radical (unpaired) electrons. The van der Waals surface area contributed by atoms with Crippen molar-refractivity contribution in [3.05, 3.63) is 61.3 Å². The van der Waals surface area contributed by atoms with Gasteiger partial charge in [-0.25, -0.2) is 28.6 Å². The summed E-state index contributed by atoms with van der Waals surface area (Å²) in [6.07, 6.45) is 5.39. The first-order chi connectivity index (χ1) is 34.6. The molecule has 1 aliphatic rings. The monoisotopic (exact) mass is 1130 g/mol. The molecule has 1 aliphatic heterocycles. The van der Waals surface area contributed by atoms with Crippen LogP contribution in [0.15, 0.2) is 61.3 Å². The first kappa shape index (κ1) is 63.9. The van der Waals surface area contributed by atoms with Crippen LogP contribution in [0.4, 0.5) is 5.82 Å². The van der Waals surface area contributed by atoms with Crippen molar-refractivity contribution in [2.75, 3.05) is 37.8 Å². The number of nitrogens with zero attached hydrogens (tertiary/aromatic N) is 4. The third-order valence-corrected chi connectivity index (χ3v) is 14.1. The number of ketones is 1. The number of imidazole rings is 1. The van der Waals surface area contributed by atoms with E-state index in [-0.39, 0.29) is 73.7 Å². The van der Waals surface area contributed by atoms with Crippen molar-refractivity contribution < 1.29 is 105 Å². The highest BCUT2D eigenvalue weighted by molar-refractivity contribution is 8.13. The van der Waals surface area contributed by atoms with E-state index in [1.807, 2.05) is 0 Å². The number of nitrogens with one attached hydrogen (secondary N) is 2. The van der Waals surface area contributed by atoms with Gasteiger partial charge in [-0.2, -0.15) is 4.31 Å². The highest BCUT2D eigenvalue weighted by Gasteiger charge is 2.50. The summed E-state index contributed by atoms with van der Waals surface area (Å²) in [5.74, 6) is -2.70. The minimum atomic E-state index is -5.62. The van der Waals surface area contributed by atoms with Crippen molar-refractivity contribution in [2.45, 2.75) is 108 Å². The molecule has 3 rings (SSSR count). The van der Waals surface area contributed by atoms with E-state index in [2.05, 4.69) is 34.4 Å². The van der Waals surface area contributed by atoms with E-state index in [0.717, 1.165) is 29.0 Å². The van der Waals surface area contributed by atoms with Gasteiger partial charge in [0.25, 0.3) is 0 Å². The molecule has 0 spiro atoms. The fraction of sp³-hybridized carbons (Fsp3) is 0.561. The molecule has 9 unspecified atom stereocenters. The van der Waals surface area contributed by atoms with Crippen molar-refractivity contribution in [3.63, 3.8) is 0 Å². The molecule has 2 aromatic heterocycles. The lowest BCUT2D eigenvalue weighted by molar-refractivity contribution is -0.138. The number of carboxylic acids is 1. The van der Waals surface area contributed by atoms with E-state index in [4.69, 9.17) is 24.6 Å². The van der Waals surface area contributed by atoms with E-state index in [9.17, 15) is 77.7 Å². The summed E-state index contributed by atoms with van der Waals surface area (Å²) in [4.78, 5) is 111. The number of thioether (sulfide) groups is 1. The van der Waals surface area contributed by atoms with Crippen molar-refractivity contribution in [3.8, 4) is 0 Å². The van der Waals surface area contributed by atoms with Crippen LogP contribution < -0.4 is 16.4 Å². The number of phosphoric ester groups is 3. The predicted molar refractivity (Wildman–Crippen MR) is 261 cm³/mol. The molecule has 0 aromatic carbocycles. The normalized spacial score (nSPS) is 20.5. The first-order valence-corrected chi connectivity index (χ1v) is 27.9. The second-order valence-electron chi connectivity index (χ2n) is 16.8. The number of Topliss-reactive ketones (excluding diaryl/α,β-unsaturated/α-hetero) is 1. The van der Waals surface area contributed by atoms with E-state index in [1.165, 1.54) is 19.9 Å². The molecule has 0 bridgehead atoms. The Morgan fingerprint density at radius 3 is 2.26 bits per heavy atom. The van der Waals surface area contributed by atoms with Gasteiger partial charge in [-0.15, -0.1) is 0 Å². The van der Waals surface area contributed by atoms with Crippen molar-refractivity contribution in [1.29, 1.82) is 0 Å². The Labute approximate surface area is 427 Å². The highest BCUT2D eigenvalue weighted by Crippen LogP contribution is 2.61. The molecule has 1 saturated heterocycles. The number of hydrogen-bond acceptors (Lipinski definition) is 22. The Bertz CT molecular complexity index is 2490. The Kier molecular flexibility index (Phi) is 26.2. The van der Waals surface area contributed by atoms with E-state index in [0.29, 0.717) is 19.3 Å². The van der Waals surface area contributed by atoms with Gasteiger partial charge in [0.05, 0.1) is 38.2 Å². The average molecular weight is 1130 g/mol. The van der Waals surface area contributed by atoms with Gasteiger partial charge in [0.2, 0.25) is 11.8 Å². The zero-order valence-corrected chi connectivity index (χ0v) is 43.5. The number of amides is 2. The minimum Gasteiger partial charge on any atom is -0.481 e. The zero-order valence-electron chi connectivity index (χ0n) is 40.0. The average Bonchev–Trinajstić information content (AvgIpc) is 3.86. The van der Waals surface area contributed by atoms with Crippen molar-refractivity contribution in [2.24, 2.45) is 5.41 Å². The number of aliphatic carboxylic acids is 1. The molecule has 414 valence electrons. The predicted octanol–water partition coefficient (Wildman–Crippen LogP) is 0.996. The maximum Gasteiger partial charge on any atom is 0.481 e. The molecule has 1 fully saturated rings. The van der Waals surface area contributed by atoms with Crippen molar-refractivity contribution >= 4 is 80.9 Å². The number of carbonyl (C=O) groups is 5. The van der Waals surface area contributed by atoms with Crippen LogP contribution in [0.2, 0.25) is 0 Å². The highest BCUT2D eigenvalue weighted by atomic mass is 32.2. The Balaban J connectivity index is 1.31. The van der Waals surface area contributed by atoms with Gasteiger partial charge >= 0.3 is 29.4 Å². The molecule has 29 nitrogen and oxygen atoms in total. The molecule has 0 aliphatic carbocycles. The van der Waals surface area contributed by atoms with Crippen LogP contribution in [0.1, 0.15) is 71.4 Å². The lowest BCUT2D eigenvalue weighted by Gasteiger charge is -2.30. The van der Waals surface area contributed by atoms with E-state index in [1.54, 1.807) is 42.5 Å². The largest absolute Gasteiger partial charge is 0.481 e. The molecular weight excluding hydrogens is 1070 g/mol. The van der Waals surface area contributed by atoms with Gasteiger partial charge in [0.15, 0.2) is 22.8 Å². The molecule has 33 heteroatoms. The van der Waals surface area contributed by atoms with Crippen LogP contribution in [-0.4, -0.2) is 162 Å². The van der Waals surface area contributed by atoms with Gasteiger partial charge in [0.1, 0.15) is 42.0 Å². The lowest BCUT2D eigenvalue weighted by Crippen LogP contribution is -2.46. The standard InChI is InChI=1S/C41H62N7O22P3S/c1-41(2,23-67-73(64,65)70-72(62,63)66-22-29-35(69-71(59,60)61)34(56)40(68-29)48-25-47-33-37(42)45-24-46-38(33)48)36(57)39(58)44-18-17-30(52)43-19-20-74-32(55)21-28(51)14-9-5-8-13-26(49)11-6-3-4-7-12-27(50)15-10-16-31(53)54/h3-8,11-12,24-27,29,34-36,40,49-50,56-57H,9-10,13-23H2,1-2H3,(H,43,52)(H,44,58)(H,53,54)(H,62,63)(H,64,65)(H2,42,45,46)(H2,59,60,61). The molecule has 2 amide bonds. The van der Waals surface area contributed by atoms with Gasteiger partial charge in [-0.1, -0.05) is 74.2 Å².